The van der Waals surface area contributed by atoms with Crippen LogP contribution in [-0.2, 0) is 16.1 Å². The number of carbonyl (C=O) groups excluding carboxylic acids is 2. The quantitative estimate of drug-likeness (QED) is 0.906. The number of hydrogen-bond donors (Lipinski definition) is 1. The van der Waals surface area contributed by atoms with Crippen LogP contribution in [0.2, 0.25) is 0 Å². The van der Waals surface area contributed by atoms with Crippen LogP contribution in [0.25, 0.3) is 10.2 Å². The highest BCUT2D eigenvalue weighted by atomic mass is 32.1. The summed E-state index contributed by atoms with van der Waals surface area (Å²) < 4.78 is 2.37. The highest BCUT2D eigenvalue weighted by Gasteiger charge is 2.18. The molecular formula is C15H17N3O3S. The molecular weight excluding hydrogens is 302 g/mol. The molecule has 7 heteroatoms. The Kier molecular flexibility index (Phi) is 4.24. The van der Waals surface area contributed by atoms with Gasteiger partial charge >= 0.3 is 0 Å². The van der Waals surface area contributed by atoms with Crippen molar-refractivity contribution in [1.82, 2.24) is 14.8 Å². The van der Waals surface area contributed by atoms with Crippen molar-refractivity contribution < 1.29 is 9.59 Å². The highest BCUT2D eigenvalue weighted by Crippen LogP contribution is 2.16. The fourth-order valence-corrected chi connectivity index (χ4v) is 3.45. The van der Waals surface area contributed by atoms with Crippen LogP contribution < -0.4 is 10.7 Å². The lowest BCUT2D eigenvalue weighted by molar-refractivity contribution is -0.132. The van der Waals surface area contributed by atoms with Crippen LogP contribution in [0, 0.1) is 0 Å². The van der Waals surface area contributed by atoms with Gasteiger partial charge in [-0.3, -0.25) is 14.4 Å². The standard InChI is InChI=1S/C15H17N3O3S/c19-12-3-7-18(11-4-8-22-15(11)12)10-13(20)16-9-14(21)17-5-1-2-6-17/h3-4,7-8H,1-2,5-6,9-10H2,(H,16,20). The molecule has 1 aliphatic rings. The summed E-state index contributed by atoms with van der Waals surface area (Å²) in [4.78, 5) is 37.3. The molecule has 2 aromatic rings. The summed E-state index contributed by atoms with van der Waals surface area (Å²) in [7, 11) is 0. The maximum Gasteiger partial charge on any atom is 0.241 e. The van der Waals surface area contributed by atoms with Gasteiger partial charge in [0.05, 0.1) is 16.8 Å². The van der Waals surface area contributed by atoms with Crippen LogP contribution in [0.15, 0.2) is 28.5 Å². The van der Waals surface area contributed by atoms with Crippen molar-refractivity contribution in [3.05, 3.63) is 33.9 Å². The predicted molar refractivity (Wildman–Crippen MR) is 84.9 cm³/mol. The number of pyridine rings is 1. The molecule has 2 amide bonds. The fourth-order valence-electron chi connectivity index (χ4n) is 2.63. The molecule has 0 spiro atoms. The molecule has 22 heavy (non-hydrogen) atoms. The Morgan fingerprint density at radius 2 is 2.00 bits per heavy atom. The molecule has 2 aromatic heterocycles. The first-order chi connectivity index (χ1) is 10.6. The van der Waals surface area contributed by atoms with Crippen molar-refractivity contribution in [3.63, 3.8) is 0 Å². The van der Waals surface area contributed by atoms with E-state index >= 15 is 0 Å². The largest absolute Gasteiger partial charge is 0.345 e. The normalized spacial score (nSPS) is 14.5. The summed E-state index contributed by atoms with van der Waals surface area (Å²) in [6.07, 6.45) is 3.68. The highest BCUT2D eigenvalue weighted by molar-refractivity contribution is 7.17. The summed E-state index contributed by atoms with van der Waals surface area (Å²) in [5.74, 6) is -0.268. The molecule has 0 aliphatic carbocycles. The number of likely N-dealkylation sites (tertiary alicyclic amines) is 1. The van der Waals surface area contributed by atoms with Gasteiger partial charge in [-0.05, 0) is 24.3 Å². The molecule has 0 bridgehead atoms. The van der Waals surface area contributed by atoms with E-state index in [1.165, 1.54) is 17.4 Å². The van der Waals surface area contributed by atoms with E-state index in [-0.39, 0.29) is 30.3 Å². The zero-order valence-corrected chi connectivity index (χ0v) is 12.9. The number of nitrogens with one attached hydrogen (secondary N) is 1. The lowest BCUT2D eigenvalue weighted by Crippen LogP contribution is -2.39. The molecule has 6 nitrogen and oxygen atoms in total. The number of aromatic nitrogens is 1. The average molecular weight is 319 g/mol. The molecule has 116 valence electrons. The maximum absolute atomic E-state index is 12.0. The van der Waals surface area contributed by atoms with E-state index in [1.54, 1.807) is 15.7 Å². The number of thiophene rings is 1. The molecule has 3 heterocycles. The Labute approximate surface area is 131 Å². The van der Waals surface area contributed by atoms with E-state index < -0.39 is 0 Å². The summed E-state index contributed by atoms with van der Waals surface area (Å²) in [6, 6.07) is 3.28. The van der Waals surface area contributed by atoms with Gasteiger partial charge in [0.2, 0.25) is 11.8 Å². The van der Waals surface area contributed by atoms with Crippen molar-refractivity contribution in [2.45, 2.75) is 19.4 Å². The zero-order valence-electron chi connectivity index (χ0n) is 12.1. The molecule has 1 fully saturated rings. The third-order valence-electron chi connectivity index (χ3n) is 3.79. The molecule has 0 atom stereocenters. The van der Waals surface area contributed by atoms with Gasteiger partial charge in [-0.2, -0.15) is 0 Å². The van der Waals surface area contributed by atoms with E-state index in [9.17, 15) is 14.4 Å². The van der Waals surface area contributed by atoms with Gasteiger partial charge in [0, 0.05) is 25.4 Å². The van der Waals surface area contributed by atoms with Crippen molar-refractivity contribution in [2.75, 3.05) is 19.6 Å². The lowest BCUT2D eigenvalue weighted by Gasteiger charge is -2.15. The van der Waals surface area contributed by atoms with Gasteiger partial charge in [0.25, 0.3) is 0 Å². The topological polar surface area (TPSA) is 71.4 Å². The zero-order chi connectivity index (χ0) is 15.5. The predicted octanol–water partition coefficient (Wildman–Crippen LogP) is 0.802. The van der Waals surface area contributed by atoms with E-state index in [4.69, 9.17) is 0 Å². The molecule has 0 saturated carbocycles. The molecule has 0 aromatic carbocycles. The first-order valence-corrected chi connectivity index (χ1v) is 8.14. The van der Waals surface area contributed by atoms with Gasteiger partial charge < -0.3 is 14.8 Å². The van der Waals surface area contributed by atoms with Crippen LogP contribution in [0.4, 0.5) is 0 Å². The van der Waals surface area contributed by atoms with Crippen molar-refractivity contribution in [1.29, 1.82) is 0 Å². The number of hydrogen-bond acceptors (Lipinski definition) is 4. The first-order valence-electron chi connectivity index (χ1n) is 7.26. The minimum atomic E-state index is -0.233. The van der Waals surface area contributed by atoms with Crippen molar-refractivity contribution >= 4 is 33.4 Å². The van der Waals surface area contributed by atoms with Crippen LogP contribution in [0.1, 0.15) is 12.8 Å². The third kappa shape index (κ3) is 3.04. The van der Waals surface area contributed by atoms with Gasteiger partial charge in [-0.1, -0.05) is 0 Å². The van der Waals surface area contributed by atoms with Gasteiger partial charge in [0.1, 0.15) is 6.54 Å². The summed E-state index contributed by atoms with van der Waals surface area (Å²) in [5.41, 5.74) is 0.712. The minimum Gasteiger partial charge on any atom is -0.345 e. The summed E-state index contributed by atoms with van der Waals surface area (Å²) in [6.45, 7) is 1.69. The monoisotopic (exact) mass is 319 g/mol. The Morgan fingerprint density at radius 1 is 1.23 bits per heavy atom. The van der Waals surface area contributed by atoms with Gasteiger partial charge in [0.15, 0.2) is 5.43 Å². The second kappa shape index (κ2) is 6.31. The van der Waals surface area contributed by atoms with Crippen LogP contribution in [0.3, 0.4) is 0 Å². The molecule has 1 saturated heterocycles. The number of fused-ring (bicyclic) bond motifs is 1. The number of nitrogens with zero attached hydrogens (tertiary/aromatic N) is 2. The van der Waals surface area contributed by atoms with Crippen LogP contribution >= 0.6 is 11.3 Å². The number of amides is 2. The molecule has 1 aliphatic heterocycles. The van der Waals surface area contributed by atoms with Crippen molar-refractivity contribution in [3.8, 4) is 0 Å². The maximum atomic E-state index is 12.0. The van der Waals surface area contributed by atoms with Crippen molar-refractivity contribution in [2.24, 2.45) is 0 Å². The number of carbonyl (C=O) groups is 2. The van der Waals surface area contributed by atoms with Crippen LogP contribution in [0.5, 0.6) is 0 Å². The van der Waals surface area contributed by atoms with Gasteiger partial charge in [-0.25, -0.2) is 0 Å². The Morgan fingerprint density at radius 3 is 2.77 bits per heavy atom. The Bertz CT molecular complexity index is 759. The molecule has 0 radical (unpaired) electrons. The SMILES string of the molecule is O=C(Cn1ccc(=O)c2sccc21)NCC(=O)N1CCCC1. The minimum absolute atomic E-state index is 0.0335. The van der Waals surface area contributed by atoms with Gasteiger partial charge in [-0.15, -0.1) is 11.3 Å². The van der Waals surface area contributed by atoms with E-state index in [1.807, 2.05) is 11.4 Å². The lowest BCUT2D eigenvalue weighted by atomic mass is 10.3. The summed E-state index contributed by atoms with van der Waals surface area (Å²) >= 11 is 1.36. The smallest absolute Gasteiger partial charge is 0.241 e. The second-order valence-electron chi connectivity index (χ2n) is 5.31. The third-order valence-corrected chi connectivity index (χ3v) is 4.71. The van der Waals surface area contributed by atoms with Crippen LogP contribution in [-0.4, -0.2) is 40.9 Å². The molecule has 3 rings (SSSR count). The van der Waals surface area contributed by atoms with E-state index in [0.29, 0.717) is 4.70 Å². The second-order valence-corrected chi connectivity index (χ2v) is 6.22. The first kappa shape index (κ1) is 14.8. The average Bonchev–Trinajstić information content (AvgIpc) is 3.19. The molecule has 1 N–H and O–H groups in total. The van der Waals surface area contributed by atoms with E-state index in [0.717, 1.165) is 31.4 Å². The molecule has 0 unspecified atom stereocenters. The number of rotatable bonds is 4. The Balaban J connectivity index is 1.61. The Hall–Kier alpha value is -2.15. The summed E-state index contributed by atoms with van der Waals surface area (Å²) in [5, 5.41) is 4.48. The van der Waals surface area contributed by atoms with E-state index in [2.05, 4.69) is 5.32 Å². The fraction of sp³-hybridized carbons (Fsp3) is 0.400.